The summed E-state index contributed by atoms with van der Waals surface area (Å²) in [6, 6.07) is 0. The summed E-state index contributed by atoms with van der Waals surface area (Å²) in [6.07, 6.45) is 3.54. The summed E-state index contributed by atoms with van der Waals surface area (Å²) < 4.78 is 0. The molecule has 1 rings (SSSR count). The third kappa shape index (κ3) is 3.06. The molecule has 1 aliphatic carbocycles. The Kier molecular flexibility index (Phi) is 3.91. The number of rotatable bonds is 0. The number of Topliss-reactive ketones (excluding diaryl/α,β-unsaturated/α-hetero) is 1. The van der Waals surface area contributed by atoms with Gasteiger partial charge in [0.15, 0.2) is 5.78 Å². The predicted molar refractivity (Wildman–Crippen MR) is 84.5 cm³/mol. The quantitative estimate of drug-likeness (QED) is 0.717. The van der Waals surface area contributed by atoms with Gasteiger partial charge in [-0.15, -0.1) is 0 Å². The number of hydrogen-bond donors (Lipinski definition) is 1. The maximum absolute atomic E-state index is 12.8. The van der Waals surface area contributed by atoms with Crippen molar-refractivity contribution in [3.8, 4) is 0 Å². The minimum absolute atomic E-state index is 0.0684. The van der Waals surface area contributed by atoms with E-state index in [0.29, 0.717) is 11.1 Å². The van der Waals surface area contributed by atoms with E-state index in [1.165, 1.54) is 0 Å². The molecular weight excluding hydrogens is 248 g/mol. The smallest absolute Gasteiger partial charge is 0.185 e. The molecule has 0 atom stereocenters. The number of carbonyl (C=O) groups excluding carboxylic acids is 1. The Morgan fingerprint density at radius 1 is 0.800 bits per heavy atom. The summed E-state index contributed by atoms with van der Waals surface area (Å²) in [5.74, 6) is 0.0684. The molecule has 20 heavy (non-hydrogen) atoms. The molecule has 114 valence electrons. The van der Waals surface area contributed by atoms with E-state index in [1.54, 1.807) is 12.2 Å². The summed E-state index contributed by atoms with van der Waals surface area (Å²) in [7, 11) is 0. The van der Waals surface area contributed by atoms with E-state index < -0.39 is 5.60 Å². The first-order valence-corrected chi connectivity index (χ1v) is 7.33. The lowest BCUT2D eigenvalue weighted by molar-refractivity contribution is -0.114. The molecule has 0 aromatic carbocycles. The van der Waals surface area contributed by atoms with Crippen LogP contribution in [0.2, 0.25) is 0 Å². The highest BCUT2D eigenvalue weighted by molar-refractivity contribution is 6.11. The van der Waals surface area contributed by atoms with Crippen molar-refractivity contribution in [1.82, 2.24) is 0 Å². The summed E-state index contributed by atoms with van der Waals surface area (Å²) >= 11 is 0. The summed E-state index contributed by atoms with van der Waals surface area (Å²) in [5, 5.41) is 11.1. The fourth-order valence-corrected chi connectivity index (χ4v) is 2.31. The van der Waals surface area contributed by atoms with Crippen LogP contribution < -0.4 is 0 Å². The highest BCUT2D eigenvalue weighted by Crippen LogP contribution is 2.45. The molecule has 0 bridgehead atoms. The van der Waals surface area contributed by atoms with Crippen LogP contribution in [0, 0.1) is 16.2 Å². The number of carbonyl (C=O) groups is 1. The topological polar surface area (TPSA) is 37.3 Å². The molecule has 0 aliphatic heterocycles. The second-order valence-electron chi connectivity index (χ2n) is 9.02. The zero-order valence-corrected chi connectivity index (χ0v) is 14.5. The van der Waals surface area contributed by atoms with Crippen LogP contribution in [0.15, 0.2) is 23.3 Å². The van der Waals surface area contributed by atoms with E-state index >= 15 is 0 Å². The first-order valence-electron chi connectivity index (χ1n) is 7.33. The first-order chi connectivity index (χ1) is 8.59. The van der Waals surface area contributed by atoms with Crippen LogP contribution >= 0.6 is 0 Å². The molecule has 0 saturated heterocycles. The number of allylic oxidation sites excluding steroid dienone is 2. The largest absolute Gasteiger partial charge is 0.381 e. The van der Waals surface area contributed by atoms with Crippen LogP contribution in [-0.2, 0) is 4.79 Å². The second-order valence-corrected chi connectivity index (χ2v) is 9.02. The molecule has 0 saturated carbocycles. The number of ketones is 1. The molecule has 2 heteroatoms. The number of aliphatic hydroxyl groups is 1. The lowest BCUT2D eigenvalue weighted by Crippen LogP contribution is -2.45. The van der Waals surface area contributed by atoms with Crippen LogP contribution in [0.3, 0.4) is 0 Å². The molecule has 0 spiro atoms. The minimum atomic E-state index is -1.09. The minimum Gasteiger partial charge on any atom is -0.381 e. The highest BCUT2D eigenvalue weighted by atomic mass is 16.3. The van der Waals surface area contributed by atoms with Crippen LogP contribution in [0.1, 0.15) is 62.3 Å². The molecule has 0 radical (unpaired) electrons. The maximum atomic E-state index is 12.8. The van der Waals surface area contributed by atoms with Gasteiger partial charge in [-0.2, -0.15) is 0 Å². The zero-order chi connectivity index (χ0) is 16.1. The van der Waals surface area contributed by atoms with Crippen molar-refractivity contribution in [1.29, 1.82) is 0 Å². The summed E-state index contributed by atoms with van der Waals surface area (Å²) in [4.78, 5) is 12.8. The van der Waals surface area contributed by atoms with Gasteiger partial charge in [-0.25, -0.2) is 0 Å². The molecule has 2 nitrogen and oxygen atoms in total. The van der Waals surface area contributed by atoms with E-state index in [4.69, 9.17) is 0 Å². The molecule has 0 heterocycles. The Morgan fingerprint density at radius 2 is 1.10 bits per heavy atom. The fourth-order valence-electron chi connectivity index (χ4n) is 2.31. The van der Waals surface area contributed by atoms with Crippen LogP contribution in [0.5, 0.6) is 0 Å². The van der Waals surface area contributed by atoms with Gasteiger partial charge >= 0.3 is 0 Å². The van der Waals surface area contributed by atoms with E-state index in [1.807, 2.05) is 62.3 Å². The Balaban J connectivity index is 3.58. The van der Waals surface area contributed by atoms with E-state index in [0.717, 1.165) is 0 Å². The van der Waals surface area contributed by atoms with Crippen molar-refractivity contribution in [3.05, 3.63) is 23.3 Å². The lowest BCUT2D eigenvalue weighted by atomic mass is 9.64. The van der Waals surface area contributed by atoms with Gasteiger partial charge < -0.3 is 5.11 Å². The highest BCUT2D eigenvalue weighted by Gasteiger charge is 2.45. The molecule has 0 fully saturated rings. The van der Waals surface area contributed by atoms with Gasteiger partial charge in [0.05, 0.1) is 0 Å². The van der Waals surface area contributed by atoms with Crippen molar-refractivity contribution in [2.24, 2.45) is 16.2 Å². The summed E-state index contributed by atoms with van der Waals surface area (Å²) in [5.41, 5.74) is -0.584. The first kappa shape index (κ1) is 17.2. The van der Waals surface area contributed by atoms with E-state index in [-0.39, 0.29) is 22.0 Å². The molecule has 1 aliphatic rings. The van der Waals surface area contributed by atoms with Crippen molar-refractivity contribution in [3.63, 3.8) is 0 Å². The van der Waals surface area contributed by atoms with E-state index in [9.17, 15) is 9.90 Å². The van der Waals surface area contributed by atoms with Gasteiger partial charge in [-0.3, -0.25) is 4.79 Å². The van der Waals surface area contributed by atoms with Crippen LogP contribution in [0.4, 0.5) is 0 Å². The monoisotopic (exact) mass is 278 g/mol. The van der Waals surface area contributed by atoms with Crippen molar-refractivity contribution >= 4 is 5.78 Å². The Hall–Kier alpha value is -0.890. The number of hydrogen-bond acceptors (Lipinski definition) is 2. The zero-order valence-electron chi connectivity index (χ0n) is 14.5. The third-order valence-electron chi connectivity index (χ3n) is 4.04. The Labute approximate surface area is 124 Å². The normalized spacial score (nSPS) is 20.6. The molecular formula is C18H30O2. The summed E-state index contributed by atoms with van der Waals surface area (Å²) in [6.45, 7) is 18.1. The maximum Gasteiger partial charge on any atom is 0.185 e. The van der Waals surface area contributed by atoms with Crippen molar-refractivity contribution in [2.75, 3.05) is 0 Å². The van der Waals surface area contributed by atoms with Gasteiger partial charge in [0.2, 0.25) is 0 Å². The standard InChI is InChI=1S/C18H30O2/c1-15(2,3)12-10-18(20,17(7,8)9)11-13(14(12)19)16(4,5)6/h10-11,20H,1-9H3. The van der Waals surface area contributed by atoms with Crippen molar-refractivity contribution < 1.29 is 9.90 Å². The average Bonchev–Trinajstić information content (AvgIpc) is 2.16. The SMILES string of the molecule is CC(C)(C)C1=CC(O)(C(C)(C)C)C=C(C(C)(C)C)C1=O. The lowest BCUT2D eigenvalue weighted by Gasteiger charge is -2.42. The van der Waals surface area contributed by atoms with Gasteiger partial charge in [-0.05, 0) is 28.4 Å². The fraction of sp³-hybridized carbons (Fsp3) is 0.722. The van der Waals surface area contributed by atoms with Gasteiger partial charge in [0.25, 0.3) is 0 Å². The Morgan fingerprint density at radius 3 is 1.30 bits per heavy atom. The van der Waals surface area contributed by atoms with Gasteiger partial charge in [0.1, 0.15) is 5.60 Å². The molecule has 0 aromatic rings. The average molecular weight is 278 g/mol. The van der Waals surface area contributed by atoms with Crippen molar-refractivity contribution in [2.45, 2.75) is 67.9 Å². The third-order valence-corrected chi connectivity index (χ3v) is 4.04. The van der Waals surface area contributed by atoms with Gasteiger partial charge in [-0.1, -0.05) is 62.3 Å². The predicted octanol–water partition coefficient (Wildman–Crippen LogP) is 4.29. The molecule has 0 unspecified atom stereocenters. The Bertz CT molecular complexity index is 437. The van der Waals surface area contributed by atoms with Crippen LogP contribution in [0.25, 0.3) is 0 Å². The second kappa shape index (κ2) is 4.56. The molecule has 0 amide bonds. The van der Waals surface area contributed by atoms with E-state index in [2.05, 4.69) is 0 Å². The van der Waals surface area contributed by atoms with Gasteiger partial charge in [0, 0.05) is 11.1 Å². The molecule has 1 N–H and O–H groups in total. The molecule has 0 aromatic heterocycles. The van der Waals surface area contributed by atoms with Crippen LogP contribution in [-0.4, -0.2) is 16.5 Å².